The Bertz CT molecular complexity index is 597. The van der Waals surface area contributed by atoms with Gasteiger partial charge in [-0.3, -0.25) is 0 Å². The lowest BCUT2D eigenvalue weighted by Crippen LogP contribution is -2.02. The quantitative estimate of drug-likeness (QED) is 0.777. The minimum absolute atomic E-state index is 0.318. The molecule has 0 unspecified atom stereocenters. The van der Waals surface area contributed by atoms with Gasteiger partial charge in [-0.25, -0.2) is 4.79 Å². The van der Waals surface area contributed by atoms with Gasteiger partial charge in [0.25, 0.3) is 0 Å². The van der Waals surface area contributed by atoms with Crippen molar-refractivity contribution in [1.29, 1.82) is 0 Å². The molecule has 0 atom stereocenters. The first kappa shape index (κ1) is 12.2. The Morgan fingerprint density at radius 2 is 2.22 bits per heavy atom. The number of hydrogen-bond donors (Lipinski definition) is 0. The van der Waals surface area contributed by atoms with Crippen LogP contribution < -0.4 is 0 Å². The van der Waals surface area contributed by atoms with Gasteiger partial charge in [0, 0.05) is 26.5 Å². The third-order valence-corrected chi connectivity index (χ3v) is 2.63. The van der Waals surface area contributed by atoms with Gasteiger partial charge < -0.3 is 14.0 Å². The summed E-state index contributed by atoms with van der Waals surface area (Å²) in [6, 6.07) is 5.56. The molecule has 2 rings (SSSR count). The molecule has 4 heteroatoms. The number of rotatable bonds is 3. The van der Waals surface area contributed by atoms with Gasteiger partial charge in [-0.05, 0) is 36.0 Å². The third kappa shape index (κ3) is 2.37. The smallest absolute Gasteiger partial charge is 0.339 e. The maximum atomic E-state index is 11.6. The molecule has 0 N–H and O–H groups in total. The molecule has 0 bridgehead atoms. The normalized spacial score (nSPS) is 11.1. The second-order valence-electron chi connectivity index (χ2n) is 4.26. The van der Waals surface area contributed by atoms with Crippen molar-refractivity contribution in [2.24, 2.45) is 0 Å². The van der Waals surface area contributed by atoms with Crippen molar-refractivity contribution in [3.63, 3.8) is 0 Å². The lowest BCUT2D eigenvalue weighted by molar-refractivity contribution is 0.0602. The Kier molecular flexibility index (Phi) is 3.37. The number of esters is 1. The predicted octanol–water partition coefficient (Wildman–Crippen LogP) is 2.26. The number of methoxy groups -OCH3 is 1. The zero-order valence-electron chi connectivity index (χ0n) is 10.8. The number of aromatic nitrogens is 1. The monoisotopic (exact) mass is 244 g/mol. The van der Waals surface area contributed by atoms with E-state index in [0.717, 1.165) is 11.1 Å². The number of pyridine rings is 1. The van der Waals surface area contributed by atoms with E-state index in [1.165, 1.54) is 7.11 Å². The van der Waals surface area contributed by atoms with Crippen molar-refractivity contribution in [3.05, 3.63) is 47.9 Å². The SMILES string of the molecule is COC(=O)c1cccn2cc(/C=C/N(C)C)cc12. The fourth-order valence-corrected chi connectivity index (χ4v) is 1.77. The Hall–Kier alpha value is -2.23. The lowest BCUT2D eigenvalue weighted by Gasteiger charge is -2.01. The van der Waals surface area contributed by atoms with Gasteiger partial charge in [0.05, 0.1) is 18.2 Å². The molecular formula is C14H16N2O2. The number of fused-ring (bicyclic) bond motifs is 1. The zero-order chi connectivity index (χ0) is 13.1. The van der Waals surface area contributed by atoms with Crippen molar-refractivity contribution in [2.75, 3.05) is 21.2 Å². The van der Waals surface area contributed by atoms with Crippen LogP contribution in [0.15, 0.2) is 36.8 Å². The topological polar surface area (TPSA) is 34.0 Å². The molecule has 2 aromatic rings. The molecule has 18 heavy (non-hydrogen) atoms. The fourth-order valence-electron chi connectivity index (χ4n) is 1.77. The van der Waals surface area contributed by atoms with Gasteiger partial charge in [0.2, 0.25) is 0 Å². The first-order chi connectivity index (χ1) is 8.61. The van der Waals surface area contributed by atoms with Crippen LogP contribution in [0.3, 0.4) is 0 Å². The molecule has 0 aromatic carbocycles. The minimum Gasteiger partial charge on any atom is -0.465 e. The predicted molar refractivity (Wildman–Crippen MR) is 71.5 cm³/mol. The molecule has 0 amide bonds. The van der Waals surface area contributed by atoms with Crippen LogP contribution in [0.2, 0.25) is 0 Å². The Morgan fingerprint density at radius 1 is 1.44 bits per heavy atom. The van der Waals surface area contributed by atoms with E-state index >= 15 is 0 Å². The van der Waals surface area contributed by atoms with Crippen LogP contribution in [0.1, 0.15) is 15.9 Å². The van der Waals surface area contributed by atoms with Crippen LogP contribution in [0, 0.1) is 0 Å². The van der Waals surface area contributed by atoms with Crippen molar-refractivity contribution >= 4 is 17.6 Å². The summed E-state index contributed by atoms with van der Waals surface area (Å²) in [5.74, 6) is -0.318. The van der Waals surface area contributed by atoms with Crippen LogP contribution in [0.25, 0.3) is 11.6 Å². The van der Waals surface area contributed by atoms with E-state index in [0.29, 0.717) is 5.56 Å². The first-order valence-corrected chi connectivity index (χ1v) is 5.65. The summed E-state index contributed by atoms with van der Waals surface area (Å²) in [6.07, 6.45) is 7.84. The van der Waals surface area contributed by atoms with E-state index in [1.807, 2.05) is 60.2 Å². The molecule has 0 saturated carbocycles. The second-order valence-corrected chi connectivity index (χ2v) is 4.26. The number of carbonyl (C=O) groups is 1. The molecule has 0 aliphatic rings. The Labute approximate surface area is 106 Å². The molecule has 0 aliphatic carbocycles. The van der Waals surface area contributed by atoms with E-state index in [9.17, 15) is 4.79 Å². The first-order valence-electron chi connectivity index (χ1n) is 5.65. The van der Waals surface area contributed by atoms with E-state index in [4.69, 9.17) is 4.74 Å². The standard InChI is InChI=1S/C14H16N2O2/c1-15(2)8-6-11-9-13-12(14(17)18-3)5-4-7-16(13)10-11/h4-10H,1-3H3/b8-6+. The number of ether oxygens (including phenoxy) is 1. The minimum atomic E-state index is -0.318. The van der Waals surface area contributed by atoms with E-state index in [-0.39, 0.29) is 5.97 Å². The van der Waals surface area contributed by atoms with Gasteiger partial charge >= 0.3 is 5.97 Å². The Balaban J connectivity index is 2.48. The molecule has 0 spiro atoms. The molecule has 94 valence electrons. The van der Waals surface area contributed by atoms with E-state index in [2.05, 4.69) is 0 Å². The Morgan fingerprint density at radius 3 is 2.89 bits per heavy atom. The summed E-state index contributed by atoms with van der Waals surface area (Å²) in [5, 5.41) is 0. The van der Waals surface area contributed by atoms with Crippen molar-refractivity contribution in [1.82, 2.24) is 9.30 Å². The summed E-state index contributed by atoms with van der Waals surface area (Å²) < 4.78 is 6.69. The maximum absolute atomic E-state index is 11.6. The van der Waals surface area contributed by atoms with Gasteiger partial charge in [-0.1, -0.05) is 0 Å². The van der Waals surface area contributed by atoms with Crippen LogP contribution in [0.5, 0.6) is 0 Å². The second kappa shape index (κ2) is 4.96. The van der Waals surface area contributed by atoms with Gasteiger partial charge in [0.15, 0.2) is 0 Å². The fraction of sp³-hybridized carbons (Fsp3) is 0.214. The zero-order valence-corrected chi connectivity index (χ0v) is 10.8. The summed E-state index contributed by atoms with van der Waals surface area (Å²) in [6.45, 7) is 0. The van der Waals surface area contributed by atoms with Crippen molar-refractivity contribution in [2.45, 2.75) is 0 Å². The molecule has 4 nitrogen and oxygen atoms in total. The van der Waals surface area contributed by atoms with E-state index < -0.39 is 0 Å². The third-order valence-electron chi connectivity index (χ3n) is 2.63. The molecule has 2 heterocycles. The number of nitrogens with zero attached hydrogens (tertiary/aromatic N) is 2. The lowest BCUT2D eigenvalue weighted by atomic mass is 10.2. The molecule has 0 fully saturated rings. The average Bonchev–Trinajstić information content (AvgIpc) is 2.77. The van der Waals surface area contributed by atoms with Gasteiger partial charge in [-0.15, -0.1) is 0 Å². The summed E-state index contributed by atoms with van der Waals surface area (Å²) in [7, 11) is 5.32. The number of carbonyl (C=O) groups excluding carboxylic acids is 1. The van der Waals surface area contributed by atoms with Crippen LogP contribution in [-0.4, -0.2) is 36.5 Å². The maximum Gasteiger partial charge on any atom is 0.339 e. The highest BCUT2D eigenvalue weighted by Gasteiger charge is 2.10. The number of hydrogen-bond acceptors (Lipinski definition) is 3. The van der Waals surface area contributed by atoms with Gasteiger partial charge in [-0.2, -0.15) is 0 Å². The largest absolute Gasteiger partial charge is 0.465 e. The molecule has 0 saturated heterocycles. The van der Waals surface area contributed by atoms with Crippen LogP contribution in [-0.2, 0) is 4.74 Å². The average molecular weight is 244 g/mol. The molecule has 0 aliphatic heterocycles. The van der Waals surface area contributed by atoms with Crippen molar-refractivity contribution < 1.29 is 9.53 Å². The molecule has 2 aromatic heterocycles. The van der Waals surface area contributed by atoms with Crippen LogP contribution >= 0.6 is 0 Å². The van der Waals surface area contributed by atoms with Gasteiger partial charge in [0.1, 0.15) is 0 Å². The molecular weight excluding hydrogens is 228 g/mol. The highest BCUT2D eigenvalue weighted by Crippen LogP contribution is 2.17. The highest BCUT2D eigenvalue weighted by atomic mass is 16.5. The summed E-state index contributed by atoms with van der Waals surface area (Å²) in [4.78, 5) is 13.6. The summed E-state index contributed by atoms with van der Waals surface area (Å²) >= 11 is 0. The highest BCUT2D eigenvalue weighted by molar-refractivity contribution is 5.97. The van der Waals surface area contributed by atoms with E-state index in [1.54, 1.807) is 6.07 Å². The summed E-state index contributed by atoms with van der Waals surface area (Å²) in [5.41, 5.74) is 2.47. The molecule has 0 radical (unpaired) electrons. The van der Waals surface area contributed by atoms with Crippen molar-refractivity contribution in [3.8, 4) is 0 Å². The van der Waals surface area contributed by atoms with Crippen LogP contribution in [0.4, 0.5) is 0 Å².